The van der Waals surface area contributed by atoms with Gasteiger partial charge in [0, 0.05) is 6.54 Å². The van der Waals surface area contributed by atoms with Crippen LogP contribution >= 0.6 is 0 Å². The number of rotatable bonds is 7. The van der Waals surface area contributed by atoms with E-state index in [1.807, 2.05) is 60.7 Å². The number of piperidine rings is 1. The maximum absolute atomic E-state index is 12.9. The van der Waals surface area contributed by atoms with Gasteiger partial charge in [0.05, 0.1) is 18.4 Å². The van der Waals surface area contributed by atoms with Crippen molar-refractivity contribution in [3.63, 3.8) is 0 Å². The summed E-state index contributed by atoms with van der Waals surface area (Å²) in [5, 5.41) is 3.99. The van der Waals surface area contributed by atoms with Crippen molar-refractivity contribution in [2.75, 3.05) is 6.54 Å². The summed E-state index contributed by atoms with van der Waals surface area (Å²) in [5.41, 5.74) is 4.78. The van der Waals surface area contributed by atoms with Crippen LogP contribution in [0.15, 0.2) is 65.8 Å². The van der Waals surface area contributed by atoms with Crippen LogP contribution in [0.4, 0.5) is 4.79 Å². The molecule has 1 amide bonds. The maximum Gasteiger partial charge on any atom is 0.411 e. The van der Waals surface area contributed by atoms with E-state index in [1.165, 1.54) is 4.90 Å². The minimum absolute atomic E-state index is 0.158. The van der Waals surface area contributed by atoms with Gasteiger partial charge in [0.2, 0.25) is 0 Å². The van der Waals surface area contributed by atoms with Crippen LogP contribution in [0.5, 0.6) is 0 Å². The summed E-state index contributed by atoms with van der Waals surface area (Å²) < 4.78 is 5.55. The molecule has 0 aliphatic carbocycles. The summed E-state index contributed by atoms with van der Waals surface area (Å²) in [5.74, 6) is -0.593. The fourth-order valence-corrected chi connectivity index (χ4v) is 3.56. The number of carbonyl (C=O) groups excluding carboxylic acids is 2. The molecule has 2 aromatic rings. The number of nitrogens with zero attached hydrogens (tertiary/aromatic N) is 2. The molecular formula is C26H33N3O5. The highest BCUT2D eigenvalue weighted by Crippen LogP contribution is 2.22. The largest absolute Gasteiger partial charge is 0.444 e. The molecule has 2 aromatic carbocycles. The van der Waals surface area contributed by atoms with E-state index < -0.39 is 23.7 Å². The van der Waals surface area contributed by atoms with Crippen molar-refractivity contribution in [1.29, 1.82) is 0 Å². The van der Waals surface area contributed by atoms with Gasteiger partial charge in [0.15, 0.2) is 0 Å². The molecule has 0 spiro atoms. The molecule has 1 heterocycles. The number of carbonyl (C=O) groups is 2. The summed E-state index contributed by atoms with van der Waals surface area (Å²) in [4.78, 5) is 38.1. The molecule has 1 N–H and O–H groups in total. The molecular weight excluding hydrogens is 434 g/mol. The second kappa shape index (κ2) is 11.8. The van der Waals surface area contributed by atoms with Gasteiger partial charge in [-0.1, -0.05) is 65.8 Å². The summed E-state index contributed by atoms with van der Waals surface area (Å²) >= 11 is 0. The summed E-state index contributed by atoms with van der Waals surface area (Å²) in [6.07, 6.45) is 0.437. The lowest BCUT2D eigenvalue weighted by atomic mass is 9.99. The number of hydrogen-bond acceptors (Lipinski definition) is 7. The van der Waals surface area contributed by atoms with Crippen LogP contribution in [0.2, 0.25) is 0 Å². The molecule has 182 valence electrons. The van der Waals surface area contributed by atoms with Gasteiger partial charge in [-0.25, -0.2) is 9.59 Å². The van der Waals surface area contributed by atoms with Gasteiger partial charge in [0.1, 0.15) is 11.6 Å². The first-order valence-corrected chi connectivity index (χ1v) is 11.4. The average Bonchev–Trinajstić information content (AvgIpc) is 2.82. The van der Waals surface area contributed by atoms with Crippen LogP contribution in [0.3, 0.4) is 0 Å². The highest BCUT2D eigenvalue weighted by atomic mass is 16.7. The van der Waals surface area contributed by atoms with Gasteiger partial charge in [0.25, 0.3) is 0 Å². The Bertz CT molecular complexity index is 973. The lowest BCUT2D eigenvalue weighted by molar-refractivity contribution is -0.152. The van der Waals surface area contributed by atoms with E-state index in [0.29, 0.717) is 25.2 Å². The zero-order valence-electron chi connectivity index (χ0n) is 20.2. The van der Waals surface area contributed by atoms with Gasteiger partial charge in [-0.2, -0.15) is 5.48 Å². The first-order valence-electron chi connectivity index (χ1n) is 11.4. The van der Waals surface area contributed by atoms with Gasteiger partial charge in [-0.3, -0.25) is 9.74 Å². The van der Waals surface area contributed by atoms with Crippen molar-refractivity contribution in [3.8, 4) is 0 Å². The molecule has 0 bridgehead atoms. The predicted octanol–water partition coefficient (Wildman–Crippen LogP) is 4.44. The molecule has 8 nitrogen and oxygen atoms in total. The van der Waals surface area contributed by atoms with Gasteiger partial charge in [-0.05, 0) is 51.7 Å². The number of ether oxygens (including phenoxy) is 1. The zero-order valence-corrected chi connectivity index (χ0v) is 20.2. The van der Waals surface area contributed by atoms with Crippen molar-refractivity contribution in [3.05, 3.63) is 71.8 Å². The van der Waals surface area contributed by atoms with E-state index in [9.17, 15) is 9.59 Å². The number of benzene rings is 2. The first kappa shape index (κ1) is 25.4. The van der Waals surface area contributed by atoms with E-state index in [-0.39, 0.29) is 12.6 Å². The molecule has 8 heteroatoms. The van der Waals surface area contributed by atoms with E-state index in [2.05, 4.69) is 10.6 Å². The van der Waals surface area contributed by atoms with E-state index >= 15 is 0 Å². The van der Waals surface area contributed by atoms with Crippen LogP contribution < -0.4 is 5.48 Å². The van der Waals surface area contributed by atoms with Crippen molar-refractivity contribution >= 4 is 17.8 Å². The molecule has 2 atom stereocenters. The van der Waals surface area contributed by atoms with Crippen LogP contribution in [-0.2, 0) is 25.8 Å². The average molecular weight is 468 g/mol. The molecule has 0 radical (unpaired) electrons. The lowest BCUT2D eigenvalue weighted by Crippen LogP contribution is -2.56. The second-order valence-electron chi connectivity index (χ2n) is 9.27. The molecule has 0 saturated carbocycles. The van der Waals surface area contributed by atoms with Gasteiger partial charge < -0.3 is 9.57 Å². The Kier molecular flexibility index (Phi) is 8.79. The third-order valence-electron chi connectivity index (χ3n) is 5.28. The minimum atomic E-state index is -0.797. The maximum atomic E-state index is 12.9. The van der Waals surface area contributed by atoms with Crippen molar-refractivity contribution in [1.82, 2.24) is 10.4 Å². The van der Waals surface area contributed by atoms with Crippen LogP contribution in [-0.4, -0.2) is 46.9 Å². The molecule has 3 rings (SSSR count). The fraction of sp³-hybridized carbons (Fsp3) is 0.423. The minimum Gasteiger partial charge on any atom is -0.444 e. The van der Waals surface area contributed by atoms with Gasteiger partial charge >= 0.3 is 12.1 Å². The Morgan fingerprint density at radius 3 is 2.32 bits per heavy atom. The SMILES string of the molecule is C/C(=N\OC(=O)[C@@H]1CC[C@@H](NOCc2ccccc2)CN1C(=O)OC(C)(C)C)c1ccccc1. The summed E-state index contributed by atoms with van der Waals surface area (Å²) in [6, 6.07) is 18.3. The Labute approximate surface area is 200 Å². The third kappa shape index (κ3) is 7.67. The Morgan fingerprint density at radius 1 is 1.03 bits per heavy atom. The molecule has 1 aliphatic rings. The van der Waals surface area contributed by atoms with Crippen molar-refractivity contribution in [2.24, 2.45) is 5.16 Å². The highest BCUT2D eigenvalue weighted by Gasteiger charge is 2.39. The predicted molar refractivity (Wildman–Crippen MR) is 129 cm³/mol. The van der Waals surface area contributed by atoms with Crippen molar-refractivity contribution in [2.45, 2.75) is 64.8 Å². The molecule has 1 aliphatic heterocycles. The Morgan fingerprint density at radius 2 is 1.68 bits per heavy atom. The van der Waals surface area contributed by atoms with Crippen LogP contribution in [0.1, 0.15) is 51.7 Å². The number of nitrogens with one attached hydrogen (secondary N) is 1. The number of oxime groups is 1. The Hall–Kier alpha value is -3.23. The fourth-order valence-electron chi connectivity index (χ4n) is 3.56. The number of likely N-dealkylation sites (tertiary alicyclic amines) is 1. The molecule has 1 fully saturated rings. The van der Waals surface area contributed by atoms with E-state index in [1.54, 1.807) is 27.7 Å². The Balaban J connectivity index is 1.64. The number of hydroxylamine groups is 1. The van der Waals surface area contributed by atoms with E-state index in [4.69, 9.17) is 14.4 Å². The summed E-state index contributed by atoms with van der Waals surface area (Å²) in [7, 11) is 0. The van der Waals surface area contributed by atoms with E-state index in [0.717, 1.165) is 11.1 Å². The first-order chi connectivity index (χ1) is 16.2. The third-order valence-corrected chi connectivity index (χ3v) is 5.28. The smallest absolute Gasteiger partial charge is 0.411 e. The van der Waals surface area contributed by atoms with Crippen LogP contribution in [0.25, 0.3) is 0 Å². The molecule has 1 saturated heterocycles. The van der Waals surface area contributed by atoms with Crippen LogP contribution in [0, 0.1) is 0 Å². The number of hydrogen-bond donors (Lipinski definition) is 1. The second-order valence-corrected chi connectivity index (χ2v) is 9.27. The van der Waals surface area contributed by atoms with Crippen molar-refractivity contribution < 1.29 is 24.0 Å². The normalized spacial score (nSPS) is 18.9. The van der Waals surface area contributed by atoms with Gasteiger partial charge in [-0.15, -0.1) is 0 Å². The summed E-state index contributed by atoms with van der Waals surface area (Å²) in [6.45, 7) is 7.75. The highest BCUT2D eigenvalue weighted by molar-refractivity contribution is 5.98. The number of amides is 1. The molecule has 0 unspecified atom stereocenters. The monoisotopic (exact) mass is 467 g/mol. The molecule has 0 aromatic heterocycles. The topological polar surface area (TPSA) is 89.5 Å². The standard InChI is InChI=1S/C26H33N3O5/c1-19(21-13-9-6-10-14-21)27-34-24(30)23-16-15-22(17-29(23)25(31)33-26(2,3)4)28-32-18-20-11-7-5-8-12-20/h5-14,22-23,28H,15-18H2,1-4H3/b27-19+/t22-,23+/m1/s1. The lowest BCUT2D eigenvalue weighted by Gasteiger charge is -2.38. The quantitative estimate of drug-likeness (QED) is 0.368. The molecule has 34 heavy (non-hydrogen) atoms. The zero-order chi connectivity index (χ0) is 24.6.